The number of methoxy groups -OCH3 is 3. The second-order valence-corrected chi connectivity index (χ2v) is 6.70. The van der Waals surface area contributed by atoms with Crippen LogP contribution in [-0.2, 0) is 16.0 Å². The van der Waals surface area contributed by atoms with Crippen LogP contribution in [-0.4, -0.2) is 44.8 Å². The number of ether oxygens (including phenoxy) is 3. The number of urea groups is 1. The maximum absolute atomic E-state index is 14.0. The van der Waals surface area contributed by atoms with Gasteiger partial charge in [0.1, 0.15) is 11.6 Å². The first-order chi connectivity index (χ1) is 14.4. The number of anilines is 1. The molecule has 2 aromatic carbocycles. The smallest absolute Gasteiger partial charge is 0.322 e. The maximum Gasteiger partial charge on any atom is 0.322 e. The highest BCUT2D eigenvalue weighted by atomic mass is 19.1. The Morgan fingerprint density at radius 2 is 1.80 bits per heavy atom. The van der Waals surface area contributed by atoms with Crippen molar-refractivity contribution >= 4 is 17.7 Å². The molecule has 0 saturated carbocycles. The quantitative estimate of drug-likeness (QED) is 0.747. The van der Waals surface area contributed by atoms with Gasteiger partial charge in [0, 0.05) is 12.6 Å². The molecule has 160 valence electrons. The van der Waals surface area contributed by atoms with Crippen molar-refractivity contribution in [3.8, 4) is 11.5 Å². The van der Waals surface area contributed by atoms with Crippen molar-refractivity contribution in [2.45, 2.75) is 18.9 Å². The lowest BCUT2D eigenvalue weighted by atomic mass is 9.90. The minimum Gasteiger partial charge on any atom is -0.493 e. The molecule has 0 radical (unpaired) electrons. The van der Waals surface area contributed by atoms with Crippen LogP contribution < -0.4 is 14.8 Å². The summed E-state index contributed by atoms with van der Waals surface area (Å²) in [5.41, 5.74) is 1.30. The third kappa shape index (κ3) is 4.29. The highest BCUT2D eigenvalue weighted by Gasteiger charge is 2.34. The lowest BCUT2D eigenvalue weighted by Crippen LogP contribution is -2.43. The molecular weight excluding hydrogens is 398 g/mol. The normalized spacial score (nSPS) is 15.2. The number of esters is 1. The highest BCUT2D eigenvalue weighted by Crippen LogP contribution is 2.39. The van der Waals surface area contributed by atoms with E-state index in [0.717, 1.165) is 23.8 Å². The number of hydrogen-bond donors (Lipinski definition) is 1. The van der Waals surface area contributed by atoms with Crippen LogP contribution >= 0.6 is 0 Å². The molecule has 1 heterocycles. The van der Waals surface area contributed by atoms with Crippen LogP contribution in [0.4, 0.5) is 19.3 Å². The molecule has 9 heteroatoms. The monoisotopic (exact) mass is 420 g/mol. The summed E-state index contributed by atoms with van der Waals surface area (Å²) in [5.74, 6) is -0.980. The van der Waals surface area contributed by atoms with Crippen molar-refractivity contribution in [2.24, 2.45) is 0 Å². The van der Waals surface area contributed by atoms with Crippen LogP contribution in [0.15, 0.2) is 30.3 Å². The van der Waals surface area contributed by atoms with E-state index in [1.54, 1.807) is 12.1 Å². The second-order valence-electron chi connectivity index (χ2n) is 6.70. The molecule has 1 atom stereocenters. The molecule has 1 aliphatic rings. The molecule has 2 amide bonds. The average Bonchev–Trinajstić information content (AvgIpc) is 2.75. The van der Waals surface area contributed by atoms with Crippen LogP contribution in [0, 0.1) is 11.6 Å². The first kappa shape index (κ1) is 21.4. The molecular formula is C21H22F2N2O5. The van der Waals surface area contributed by atoms with Crippen molar-refractivity contribution in [3.63, 3.8) is 0 Å². The van der Waals surface area contributed by atoms with Crippen molar-refractivity contribution in [1.29, 1.82) is 0 Å². The first-order valence-corrected chi connectivity index (χ1v) is 9.22. The lowest BCUT2D eigenvalue weighted by molar-refractivity contribution is -0.141. The summed E-state index contributed by atoms with van der Waals surface area (Å²) in [6.45, 7) is 0.257. The molecule has 1 aliphatic heterocycles. The molecule has 7 nitrogen and oxygen atoms in total. The maximum atomic E-state index is 14.0. The summed E-state index contributed by atoms with van der Waals surface area (Å²) in [6, 6.07) is 4.96. The fraction of sp³-hybridized carbons (Fsp3) is 0.333. The Labute approximate surface area is 172 Å². The van der Waals surface area contributed by atoms with E-state index in [1.807, 2.05) is 0 Å². The molecule has 2 aromatic rings. The van der Waals surface area contributed by atoms with Crippen LogP contribution in [0.25, 0.3) is 0 Å². The molecule has 30 heavy (non-hydrogen) atoms. The number of hydrogen-bond acceptors (Lipinski definition) is 5. The molecule has 0 spiro atoms. The molecule has 0 aromatic heterocycles. The van der Waals surface area contributed by atoms with E-state index in [4.69, 9.17) is 14.2 Å². The zero-order valence-electron chi connectivity index (χ0n) is 16.8. The van der Waals surface area contributed by atoms with Gasteiger partial charge in [-0.2, -0.15) is 0 Å². The van der Waals surface area contributed by atoms with Gasteiger partial charge in [0.05, 0.1) is 39.5 Å². The number of fused-ring (bicyclic) bond motifs is 1. The largest absolute Gasteiger partial charge is 0.493 e. The van der Waals surface area contributed by atoms with Gasteiger partial charge < -0.3 is 24.4 Å². The molecule has 0 saturated heterocycles. The van der Waals surface area contributed by atoms with Crippen molar-refractivity contribution < 1.29 is 32.6 Å². The molecule has 1 unspecified atom stereocenters. The minimum atomic E-state index is -0.766. The number of benzene rings is 2. The highest BCUT2D eigenvalue weighted by molar-refractivity contribution is 5.90. The van der Waals surface area contributed by atoms with Crippen LogP contribution in [0.1, 0.15) is 23.6 Å². The van der Waals surface area contributed by atoms with Crippen LogP contribution in [0.2, 0.25) is 0 Å². The predicted octanol–water partition coefficient (Wildman–Crippen LogP) is 3.68. The number of nitrogens with one attached hydrogen (secondary N) is 1. The summed E-state index contributed by atoms with van der Waals surface area (Å²) in [4.78, 5) is 26.4. The number of nitrogens with zero attached hydrogens (tertiary/aromatic N) is 1. The van der Waals surface area contributed by atoms with Gasteiger partial charge in [0.2, 0.25) is 0 Å². The topological polar surface area (TPSA) is 77.1 Å². The van der Waals surface area contributed by atoms with Gasteiger partial charge in [-0.25, -0.2) is 13.6 Å². The Morgan fingerprint density at radius 1 is 1.10 bits per heavy atom. The van der Waals surface area contributed by atoms with E-state index in [9.17, 15) is 18.4 Å². The molecule has 3 rings (SSSR count). The average molecular weight is 420 g/mol. The fourth-order valence-electron chi connectivity index (χ4n) is 3.51. The van der Waals surface area contributed by atoms with Crippen molar-refractivity contribution in [3.05, 3.63) is 53.1 Å². The van der Waals surface area contributed by atoms with Crippen molar-refractivity contribution in [2.75, 3.05) is 33.2 Å². The van der Waals surface area contributed by atoms with Crippen LogP contribution in [0.5, 0.6) is 11.5 Å². The third-order valence-electron chi connectivity index (χ3n) is 5.02. The van der Waals surface area contributed by atoms with E-state index >= 15 is 0 Å². The minimum absolute atomic E-state index is 0.113. The van der Waals surface area contributed by atoms with Gasteiger partial charge in [-0.05, 0) is 41.8 Å². The molecule has 0 aliphatic carbocycles. The number of rotatable bonds is 5. The molecule has 0 fully saturated rings. The van der Waals surface area contributed by atoms with Crippen molar-refractivity contribution in [1.82, 2.24) is 4.90 Å². The Balaban J connectivity index is 1.97. The van der Waals surface area contributed by atoms with Gasteiger partial charge >= 0.3 is 12.0 Å². The van der Waals surface area contributed by atoms with E-state index in [1.165, 1.54) is 26.2 Å². The SMILES string of the molecule is COC(=O)CC1c2cc(OC)c(OC)cc2CCN1C(=O)Nc1cc(F)ccc1F. The number of halogens is 2. The Bertz CT molecular complexity index is 967. The fourth-order valence-corrected chi connectivity index (χ4v) is 3.51. The summed E-state index contributed by atoms with van der Waals surface area (Å²) in [5, 5.41) is 2.39. The Hall–Kier alpha value is -3.36. The third-order valence-corrected chi connectivity index (χ3v) is 5.02. The summed E-state index contributed by atoms with van der Waals surface area (Å²) < 4.78 is 42.9. The first-order valence-electron chi connectivity index (χ1n) is 9.22. The summed E-state index contributed by atoms with van der Waals surface area (Å²) in [7, 11) is 4.26. The van der Waals surface area contributed by atoms with Gasteiger partial charge in [0.25, 0.3) is 0 Å². The van der Waals surface area contributed by atoms with Gasteiger partial charge in [-0.3, -0.25) is 4.79 Å². The van der Waals surface area contributed by atoms with Crippen LogP contribution in [0.3, 0.4) is 0 Å². The second kappa shape index (κ2) is 8.98. The van der Waals surface area contributed by atoms with E-state index in [2.05, 4.69) is 5.32 Å². The zero-order valence-corrected chi connectivity index (χ0v) is 16.8. The number of carbonyl (C=O) groups excluding carboxylic acids is 2. The number of amides is 2. The summed E-state index contributed by atoms with van der Waals surface area (Å²) in [6.07, 6.45) is 0.366. The lowest BCUT2D eigenvalue weighted by Gasteiger charge is -2.37. The predicted molar refractivity (Wildman–Crippen MR) is 105 cm³/mol. The van der Waals surface area contributed by atoms with Gasteiger partial charge in [0.15, 0.2) is 11.5 Å². The van der Waals surface area contributed by atoms with E-state index < -0.39 is 29.7 Å². The Kier molecular flexibility index (Phi) is 6.39. The number of carbonyl (C=O) groups is 2. The Morgan fingerprint density at radius 3 is 2.47 bits per heavy atom. The molecule has 1 N–H and O–H groups in total. The van der Waals surface area contributed by atoms with E-state index in [-0.39, 0.29) is 18.7 Å². The summed E-state index contributed by atoms with van der Waals surface area (Å²) >= 11 is 0. The van der Waals surface area contributed by atoms with Gasteiger partial charge in [-0.1, -0.05) is 0 Å². The molecule has 0 bridgehead atoms. The zero-order chi connectivity index (χ0) is 21.8. The van der Waals surface area contributed by atoms with E-state index in [0.29, 0.717) is 23.5 Å². The standard InChI is InChI=1S/C21H22F2N2O5/c1-28-18-8-12-6-7-25(21(27)24-16-9-13(22)4-5-15(16)23)17(11-20(26)30-3)14(12)10-19(18)29-2/h4-5,8-10,17H,6-7,11H2,1-3H3,(H,24,27). The van der Waals surface area contributed by atoms with Gasteiger partial charge in [-0.15, -0.1) is 0 Å².